The lowest BCUT2D eigenvalue weighted by molar-refractivity contribution is 0.102. The summed E-state index contributed by atoms with van der Waals surface area (Å²) >= 11 is 6.15. The Morgan fingerprint density at radius 2 is 1.85 bits per heavy atom. The molecule has 4 rings (SSSR count). The molecular weight excluding hydrogens is 380 g/mol. The Bertz CT molecular complexity index is 736. The highest BCUT2D eigenvalue weighted by Gasteiger charge is 2.13. The summed E-state index contributed by atoms with van der Waals surface area (Å²) < 4.78 is 0. The molecule has 7 heteroatoms. The highest BCUT2D eigenvalue weighted by atomic mass is 32.2. The summed E-state index contributed by atoms with van der Waals surface area (Å²) in [6.07, 6.45) is 5.03. The van der Waals surface area contributed by atoms with Gasteiger partial charge in [-0.05, 0) is 86.5 Å². The molecule has 0 aromatic heterocycles. The van der Waals surface area contributed by atoms with Crippen LogP contribution in [0.25, 0.3) is 0 Å². The second-order valence-electron chi connectivity index (χ2n) is 6.24. The quantitative estimate of drug-likeness (QED) is 0.662. The van der Waals surface area contributed by atoms with E-state index in [0.29, 0.717) is 0 Å². The molecule has 0 saturated carbocycles. The molecule has 0 unspecified atom stereocenters. The van der Waals surface area contributed by atoms with E-state index in [1.807, 2.05) is 48.2 Å². The van der Waals surface area contributed by atoms with Gasteiger partial charge in [-0.25, -0.2) is 0 Å². The third-order valence-corrected chi connectivity index (χ3v) is 5.71. The summed E-state index contributed by atoms with van der Waals surface area (Å²) in [7, 11) is 0. The van der Waals surface area contributed by atoms with Crippen LogP contribution in [0.4, 0.5) is 5.69 Å². The van der Waals surface area contributed by atoms with E-state index in [4.69, 9.17) is 0 Å². The zero-order valence-electron chi connectivity index (χ0n) is 15.3. The van der Waals surface area contributed by atoms with Crippen LogP contribution >= 0.6 is 24.4 Å². The van der Waals surface area contributed by atoms with Gasteiger partial charge in [-0.15, -0.1) is 24.4 Å². The van der Waals surface area contributed by atoms with Gasteiger partial charge in [-0.3, -0.25) is 4.79 Å². The molecule has 0 aliphatic carbocycles. The summed E-state index contributed by atoms with van der Waals surface area (Å²) in [6.45, 7) is 2.50. The van der Waals surface area contributed by atoms with Gasteiger partial charge in [-0.1, -0.05) is 6.07 Å². The molecule has 2 aromatic carbocycles. The van der Waals surface area contributed by atoms with Crippen molar-refractivity contribution in [3.8, 4) is 0 Å². The van der Waals surface area contributed by atoms with Crippen LogP contribution in [0.3, 0.4) is 0 Å². The highest BCUT2D eigenvalue weighted by Crippen LogP contribution is 2.30. The van der Waals surface area contributed by atoms with Crippen molar-refractivity contribution in [2.24, 2.45) is 0 Å². The number of hydrogen-bond donors (Lipinski definition) is 3. The fraction of sp³-hybridized carbons (Fsp3) is 0.350. The number of rotatable bonds is 2. The molecule has 1 fully saturated rings. The zero-order valence-corrected chi connectivity index (χ0v) is 17.0. The minimum atomic E-state index is -0.0673. The van der Waals surface area contributed by atoms with E-state index >= 15 is 0 Å². The van der Waals surface area contributed by atoms with Crippen LogP contribution in [-0.2, 0) is 6.42 Å². The van der Waals surface area contributed by atoms with Gasteiger partial charge in [-0.2, -0.15) is 0 Å². The Labute approximate surface area is 171 Å². The van der Waals surface area contributed by atoms with Crippen molar-refractivity contribution in [1.29, 1.82) is 0 Å². The predicted molar refractivity (Wildman–Crippen MR) is 119 cm³/mol. The van der Waals surface area contributed by atoms with Crippen LogP contribution in [0.15, 0.2) is 52.3 Å². The van der Waals surface area contributed by atoms with Crippen LogP contribution in [0, 0.1) is 0 Å². The number of fused-ring (bicyclic) bond motifs is 1. The Hall–Kier alpha value is -1.51. The maximum atomic E-state index is 12.3. The number of thioether (sulfide) groups is 1. The van der Waals surface area contributed by atoms with Crippen molar-refractivity contribution in [1.82, 2.24) is 5.32 Å². The summed E-state index contributed by atoms with van der Waals surface area (Å²) in [5.74, 6) is 1.11. The first-order chi connectivity index (χ1) is 12.2. The highest BCUT2D eigenvalue weighted by molar-refractivity contribution is 7.99. The molecule has 6 N–H and O–H groups in total. The first-order valence-corrected chi connectivity index (χ1v) is 10.2. The largest absolute Gasteiger partial charge is 0.412 e. The second kappa shape index (κ2) is 12.0. The first-order valence-electron chi connectivity index (χ1n) is 8.79. The maximum absolute atomic E-state index is 12.3. The van der Waals surface area contributed by atoms with E-state index in [1.165, 1.54) is 48.6 Å². The van der Waals surface area contributed by atoms with Gasteiger partial charge < -0.3 is 21.6 Å². The number of nitrogens with one attached hydrogen (secondary N) is 2. The lowest BCUT2D eigenvalue weighted by Gasteiger charge is -2.16. The van der Waals surface area contributed by atoms with Gasteiger partial charge in [0.1, 0.15) is 0 Å². The van der Waals surface area contributed by atoms with Crippen LogP contribution in [0.1, 0.15) is 36.6 Å². The molecule has 0 atom stereocenters. The van der Waals surface area contributed by atoms with Crippen LogP contribution in [0.2, 0.25) is 0 Å². The molecule has 0 radical (unpaired) electrons. The number of amides is 1. The summed E-state index contributed by atoms with van der Waals surface area (Å²) in [4.78, 5) is 14.4. The van der Waals surface area contributed by atoms with E-state index < -0.39 is 0 Å². The van der Waals surface area contributed by atoms with Crippen molar-refractivity contribution < 1.29 is 17.2 Å². The number of anilines is 1. The lowest BCUT2D eigenvalue weighted by Crippen LogP contribution is -2.13. The van der Waals surface area contributed by atoms with E-state index in [1.54, 1.807) is 0 Å². The number of thiol groups is 1. The average molecular weight is 411 g/mol. The second-order valence-corrected chi connectivity index (χ2v) is 7.89. The molecule has 2 heterocycles. The fourth-order valence-corrected chi connectivity index (χ4v) is 4.16. The number of carbonyl (C=O) groups excluding carboxylic acids is 1. The molecule has 0 spiro atoms. The Morgan fingerprint density at radius 3 is 2.52 bits per heavy atom. The minimum absolute atomic E-state index is 0. The standard InChI is InChI=1S/C16H15NOS2.C4H9N.2H2O.H2/c18-16(17-13-4-1-5-14(19)10-13)12-6-7-15-11(9-12)3-2-8-20-15;1-2-4-5-3-1;;;/h1,4-7,9-10,19H,2-3,8H2,(H,17,18);5H,1-4H2;2*1H2;1H. The molecule has 2 aromatic rings. The van der Waals surface area contributed by atoms with Crippen LogP contribution in [-0.4, -0.2) is 35.7 Å². The molecule has 150 valence electrons. The monoisotopic (exact) mass is 410 g/mol. The number of benzene rings is 2. The Kier molecular flexibility index (Phi) is 10.5. The van der Waals surface area contributed by atoms with Crippen molar-refractivity contribution in [3.63, 3.8) is 0 Å². The van der Waals surface area contributed by atoms with Crippen molar-refractivity contribution in [3.05, 3.63) is 53.6 Å². The normalized spacial score (nSPS) is 14.6. The third kappa shape index (κ3) is 7.20. The van der Waals surface area contributed by atoms with Gasteiger partial charge in [0, 0.05) is 22.5 Å². The molecular formula is C20H30N2O3S2. The van der Waals surface area contributed by atoms with E-state index in [2.05, 4.69) is 29.3 Å². The topological polar surface area (TPSA) is 104 Å². The van der Waals surface area contributed by atoms with Gasteiger partial charge >= 0.3 is 0 Å². The van der Waals surface area contributed by atoms with Gasteiger partial charge in [0.25, 0.3) is 5.91 Å². The first kappa shape index (κ1) is 23.5. The molecule has 5 nitrogen and oxygen atoms in total. The molecule has 27 heavy (non-hydrogen) atoms. The Morgan fingerprint density at radius 1 is 1.07 bits per heavy atom. The van der Waals surface area contributed by atoms with Crippen molar-refractivity contribution in [2.75, 3.05) is 24.2 Å². The minimum Gasteiger partial charge on any atom is -0.412 e. The molecule has 0 bridgehead atoms. The van der Waals surface area contributed by atoms with E-state index in [-0.39, 0.29) is 18.3 Å². The summed E-state index contributed by atoms with van der Waals surface area (Å²) in [5.41, 5.74) is 2.78. The van der Waals surface area contributed by atoms with Gasteiger partial charge in [0.15, 0.2) is 0 Å². The average Bonchev–Trinajstić information content (AvgIpc) is 3.21. The lowest BCUT2D eigenvalue weighted by atomic mass is 10.1. The molecule has 1 amide bonds. The fourth-order valence-electron chi connectivity index (χ4n) is 2.91. The van der Waals surface area contributed by atoms with Crippen molar-refractivity contribution in [2.45, 2.75) is 35.5 Å². The van der Waals surface area contributed by atoms with Gasteiger partial charge in [0.2, 0.25) is 0 Å². The van der Waals surface area contributed by atoms with E-state index in [0.717, 1.165) is 22.6 Å². The molecule has 2 aliphatic heterocycles. The summed E-state index contributed by atoms with van der Waals surface area (Å²) in [6, 6.07) is 13.4. The van der Waals surface area contributed by atoms with Crippen LogP contribution in [0.5, 0.6) is 0 Å². The summed E-state index contributed by atoms with van der Waals surface area (Å²) in [5, 5.41) is 6.13. The van der Waals surface area contributed by atoms with Crippen molar-refractivity contribution >= 4 is 36.0 Å². The number of aryl methyl sites for hydroxylation is 1. The molecule has 2 aliphatic rings. The number of carbonyl (C=O) groups is 1. The predicted octanol–water partition coefficient (Wildman–Crippen LogP) is 3.23. The van der Waals surface area contributed by atoms with E-state index in [9.17, 15) is 4.79 Å². The third-order valence-electron chi connectivity index (χ3n) is 4.23. The van der Waals surface area contributed by atoms with Crippen LogP contribution < -0.4 is 10.6 Å². The molecule has 1 saturated heterocycles. The SMILES string of the molecule is C1CCNC1.O.O.O=C(Nc1cccc(S)c1)c1ccc2c(c1)CCCS2.[HH]. The number of hydrogen-bond acceptors (Lipinski definition) is 4. The van der Waals surface area contributed by atoms with Gasteiger partial charge in [0.05, 0.1) is 0 Å². The smallest absolute Gasteiger partial charge is 0.255 e. The Balaban J connectivity index is 0.000000801. The zero-order chi connectivity index (χ0) is 17.5. The maximum Gasteiger partial charge on any atom is 0.255 e.